The fourth-order valence-corrected chi connectivity index (χ4v) is 5.61. The number of benzene rings is 3. The van der Waals surface area contributed by atoms with Crippen molar-refractivity contribution >= 4 is 16.3 Å². The lowest BCUT2D eigenvalue weighted by Gasteiger charge is -2.39. The number of halogens is 3. The topological polar surface area (TPSA) is 66.8 Å². The van der Waals surface area contributed by atoms with Crippen molar-refractivity contribution in [3.63, 3.8) is 0 Å². The van der Waals surface area contributed by atoms with Crippen LogP contribution < -0.4 is 0 Å². The van der Waals surface area contributed by atoms with E-state index in [1.165, 1.54) is 48.5 Å². The van der Waals surface area contributed by atoms with E-state index in [9.17, 15) is 28.2 Å². The van der Waals surface area contributed by atoms with Crippen LogP contribution in [0.1, 0.15) is 0 Å². The van der Waals surface area contributed by atoms with Crippen LogP contribution in [0.4, 0.5) is 13.2 Å². The zero-order valence-corrected chi connectivity index (χ0v) is 15.1. The molecule has 2 N–H and O–H groups in total. The molecule has 0 heterocycles. The molecular formula is C20H15F3O4S. The first-order valence-corrected chi connectivity index (χ1v) is 9.56. The van der Waals surface area contributed by atoms with Crippen LogP contribution in [0, 0.1) is 0 Å². The zero-order chi connectivity index (χ0) is 20.4. The number of carbonyl (C=O) groups is 1. The first-order valence-electron chi connectivity index (χ1n) is 8.00. The van der Waals surface area contributed by atoms with Crippen molar-refractivity contribution in [1.82, 2.24) is 0 Å². The summed E-state index contributed by atoms with van der Waals surface area (Å²) in [4.78, 5) is 12.8. The lowest BCUT2D eigenvalue weighted by atomic mass is 10.3. The van der Waals surface area contributed by atoms with Crippen LogP contribution in [0.2, 0.25) is 0 Å². The molecule has 0 bridgehead atoms. The van der Waals surface area contributed by atoms with Crippen LogP contribution in [0.25, 0.3) is 0 Å². The number of hydrogen-bond acceptors (Lipinski definition) is 4. The van der Waals surface area contributed by atoms with E-state index in [2.05, 4.69) is 0 Å². The quantitative estimate of drug-likeness (QED) is 0.607. The Morgan fingerprint density at radius 3 is 1.50 bits per heavy atom. The maximum absolute atomic E-state index is 13.1. The molecular weight excluding hydrogens is 393 g/mol. The summed E-state index contributed by atoms with van der Waals surface area (Å²) in [5.41, 5.74) is 0. The summed E-state index contributed by atoms with van der Waals surface area (Å²) in [6.45, 7) is 0. The van der Waals surface area contributed by atoms with Gasteiger partial charge in [0.25, 0.3) is 0 Å². The molecule has 0 radical (unpaired) electrons. The maximum Gasteiger partial charge on any atom is 0.491 e. The second-order valence-electron chi connectivity index (χ2n) is 5.73. The molecule has 0 unspecified atom stereocenters. The first kappa shape index (κ1) is 19.6. The molecule has 0 aliphatic rings. The molecule has 0 amide bonds. The highest BCUT2D eigenvalue weighted by atomic mass is 32.3. The van der Waals surface area contributed by atoms with Gasteiger partial charge in [0.15, 0.2) is 0 Å². The van der Waals surface area contributed by atoms with Crippen LogP contribution in [-0.4, -0.2) is 22.4 Å². The van der Waals surface area contributed by atoms with Crippen molar-refractivity contribution in [2.45, 2.75) is 20.9 Å². The van der Waals surface area contributed by atoms with Crippen molar-refractivity contribution in [3.8, 4) is 11.5 Å². The van der Waals surface area contributed by atoms with E-state index in [4.69, 9.17) is 4.18 Å². The lowest BCUT2D eigenvalue weighted by Crippen LogP contribution is -2.27. The molecule has 0 saturated heterocycles. The smallest absolute Gasteiger partial charge is 0.491 e. The Morgan fingerprint density at radius 1 is 0.714 bits per heavy atom. The molecule has 0 aliphatic carbocycles. The SMILES string of the molecule is O=C(OS(c1ccccc1)(c1ccc(O)cc1)c1ccc(O)cc1)C(F)(F)F. The fourth-order valence-electron chi connectivity index (χ4n) is 2.60. The van der Waals surface area contributed by atoms with E-state index in [0.717, 1.165) is 0 Å². The van der Waals surface area contributed by atoms with Crippen LogP contribution in [-0.2, 0) is 8.98 Å². The second-order valence-corrected chi connectivity index (χ2v) is 8.42. The highest BCUT2D eigenvalue weighted by Gasteiger charge is 2.47. The molecule has 4 nitrogen and oxygen atoms in total. The molecule has 8 heteroatoms. The van der Waals surface area contributed by atoms with Gasteiger partial charge in [-0.15, -0.1) is 0 Å². The highest BCUT2D eigenvalue weighted by Crippen LogP contribution is 2.69. The number of carbonyl (C=O) groups excluding carboxylic acids is 1. The summed E-state index contributed by atoms with van der Waals surface area (Å²) in [5, 5.41) is 19.2. The van der Waals surface area contributed by atoms with E-state index >= 15 is 0 Å². The largest absolute Gasteiger partial charge is 0.508 e. The third kappa shape index (κ3) is 3.77. The maximum atomic E-state index is 13.1. The lowest BCUT2D eigenvalue weighted by molar-refractivity contribution is -0.188. The van der Waals surface area contributed by atoms with Gasteiger partial charge in [-0.05, 0) is 71.0 Å². The van der Waals surface area contributed by atoms with Gasteiger partial charge < -0.3 is 14.4 Å². The molecule has 0 aromatic heterocycles. The number of hydrogen-bond donors (Lipinski definition) is 2. The van der Waals surface area contributed by atoms with Gasteiger partial charge in [-0.3, -0.25) is 0 Å². The molecule has 0 aliphatic heterocycles. The van der Waals surface area contributed by atoms with E-state index in [-0.39, 0.29) is 21.3 Å². The molecule has 0 atom stereocenters. The van der Waals surface area contributed by atoms with Crippen molar-refractivity contribution in [3.05, 3.63) is 78.9 Å². The van der Waals surface area contributed by atoms with Crippen LogP contribution in [0.5, 0.6) is 11.5 Å². The molecule has 0 fully saturated rings. The second kappa shape index (κ2) is 7.47. The standard InChI is InChI=1S/C20H15F3O4S/c21-20(22,23)19(26)27-28(16-4-2-1-3-5-16,17-10-6-14(24)7-11-17)18-12-8-15(25)9-13-18/h1-13,24-25H. The number of phenols is 2. The van der Waals surface area contributed by atoms with E-state index in [0.29, 0.717) is 4.90 Å². The summed E-state index contributed by atoms with van der Waals surface area (Å²) in [6, 6.07) is 18.9. The number of rotatable bonds is 4. The van der Waals surface area contributed by atoms with Crippen LogP contribution in [0.3, 0.4) is 0 Å². The fraction of sp³-hybridized carbons (Fsp3) is 0.0500. The summed E-state index contributed by atoms with van der Waals surface area (Å²) >= 11 is 0. The third-order valence-corrected chi connectivity index (χ3v) is 7.05. The molecule has 146 valence electrons. The monoisotopic (exact) mass is 408 g/mol. The van der Waals surface area contributed by atoms with Crippen molar-refractivity contribution in [1.29, 1.82) is 0 Å². The minimum absolute atomic E-state index is 0.0852. The van der Waals surface area contributed by atoms with Crippen LogP contribution in [0.15, 0.2) is 93.5 Å². The van der Waals surface area contributed by atoms with Gasteiger partial charge in [0.05, 0.1) is 0 Å². The van der Waals surface area contributed by atoms with Gasteiger partial charge in [-0.1, -0.05) is 18.2 Å². The van der Waals surface area contributed by atoms with Gasteiger partial charge in [0.1, 0.15) is 11.5 Å². The van der Waals surface area contributed by atoms with Gasteiger partial charge in [0, 0.05) is 14.7 Å². The highest BCUT2D eigenvalue weighted by molar-refractivity contribution is 8.30. The van der Waals surface area contributed by atoms with Gasteiger partial charge in [-0.25, -0.2) is 4.79 Å². The zero-order valence-electron chi connectivity index (χ0n) is 14.3. The first-order chi connectivity index (χ1) is 13.2. The molecule has 3 rings (SSSR count). The summed E-state index contributed by atoms with van der Waals surface area (Å²) in [6.07, 6.45) is -5.19. The van der Waals surface area contributed by atoms with Crippen LogP contribution >= 0.6 is 10.3 Å². The average Bonchev–Trinajstić information content (AvgIpc) is 2.67. The summed E-state index contributed by atoms with van der Waals surface area (Å²) < 4.78 is 44.5. The average molecular weight is 408 g/mol. The summed E-state index contributed by atoms with van der Waals surface area (Å²) in [7, 11) is -3.14. The minimum atomic E-state index is -5.19. The minimum Gasteiger partial charge on any atom is -0.508 e. The van der Waals surface area contributed by atoms with E-state index in [1.54, 1.807) is 30.3 Å². The number of alkyl halides is 3. The molecule has 3 aromatic carbocycles. The number of phenolic OH excluding ortho intramolecular Hbond substituents is 2. The van der Waals surface area contributed by atoms with Crippen molar-refractivity contribution < 1.29 is 32.4 Å². The van der Waals surface area contributed by atoms with E-state index in [1.807, 2.05) is 0 Å². The molecule has 28 heavy (non-hydrogen) atoms. The number of aromatic hydroxyl groups is 2. The van der Waals surface area contributed by atoms with Gasteiger partial charge >= 0.3 is 12.1 Å². The molecule has 0 saturated carbocycles. The van der Waals surface area contributed by atoms with Crippen molar-refractivity contribution in [2.24, 2.45) is 0 Å². The van der Waals surface area contributed by atoms with Gasteiger partial charge in [-0.2, -0.15) is 13.2 Å². The Labute approximate surface area is 160 Å². The Hall–Kier alpha value is -3.13. The Bertz CT molecular complexity index is 910. The Balaban J connectivity index is 2.32. The Kier molecular flexibility index (Phi) is 5.24. The third-order valence-electron chi connectivity index (χ3n) is 3.84. The predicted molar refractivity (Wildman–Crippen MR) is 97.2 cm³/mol. The van der Waals surface area contributed by atoms with E-state index < -0.39 is 22.5 Å². The molecule has 0 spiro atoms. The molecule has 3 aromatic rings. The van der Waals surface area contributed by atoms with Crippen molar-refractivity contribution in [2.75, 3.05) is 0 Å². The normalized spacial score (nSPS) is 12.4. The van der Waals surface area contributed by atoms with Gasteiger partial charge in [0.2, 0.25) is 0 Å². The predicted octanol–water partition coefficient (Wildman–Crippen LogP) is 5.40. The Morgan fingerprint density at radius 2 is 1.11 bits per heavy atom. The summed E-state index contributed by atoms with van der Waals surface area (Å²) in [5.74, 6) is -2.50.